The van der Waals surface area contributed by atoms with E-state index in [9.17, 15) is 4.79 Å². The van der Waals surface area contributed by atoms with Crippen molar-refractivity contribution in [2.24, 2.45) is 11.6 Å². The number of nitrogens with zero attached hydrogens (tertiary/aromatic N) is 1. The van der Waals surface area contributed by atoms with Gasteiger partial charge in [-0.2, -0.15) is 0 Å². The van der Waals surface area contributed by atoms with Crippen LogP contribution >= 0.6 is 0 Å². The van der Waals surface area contributed by atoms with Crippen molar-refractivity contribution in [1.29, 1.82) is 0 Å². The van der Waals surface area contributed by atoms with E-state index in [1.807, 2.05) is 0 Å². The lowest BCUT2D eigenvalue weighted by Crippen LogP contribution is -2.30. The van der Waals surface area contributed by atoms with E-state index in [2.05, 4.69) is 0 Å². The van der Waals surface area contributed by atoms with Crippen molar-refractivity contribution < 1.29 is 14.3 Å². The molecule has 0 unspecified atom stereocenters. The molecule has 14 heavy (non-hydrogen) atoms. The van der Waals surface area contributed by atoms with Crippen LogP contribution in [0, 0.1) is 0 Å². The van der Waals surface area contributed by atoms with Gasteiger partial charge in [-0.05, 0) is 0 Å². The number of rotatable bonds is 8. The number of ether oxygens (including phenoxy) is 2. The second-order valence-electron chi connectivity index (χ2n) is 2.59. The van der Waals surface area contributed by atoms with Crippen molar-refractivity contribution in [3.63, 3.8) is 0 Å². The fourth-order valence-corrected chi connectivity index (χ4v) is 0.701. The summed E-state index contributed by atoms with van der Waals surface area (Å²) in [6.07, 6.45) is 1.89. The normalized spacial score (nSPS) is 11.4. The number of allylic oxidation sites excluding steroid dienone is 1. The SMILES string of the molecule is COCCOCCN(N)/C=C(\N)C=O. The van der Waals surface area contributed by atoms with Gasteiger partial charge in [0, 0.05) is 13.3 Å². The molecule has 0 aliphatic heterocycles. The summed E-state index contributed by atoms with van der Waals surface area (Å²) >= 11 is 0. The quantitative estimate of drug-likeness (QED) is 0.170. The Labute approximate surface area is 83.4 Å². The summed E-state index contributed by atoms with van der Waals surface area (Å²) in [5.74, 6) is 5.47. The van der Waals surface area contributed by atoms with Gasteiger partial charge in [-0.25, -0.2) is 5.84 Å². The Balaban J connectivity index is 3.44. The fourth-order valence-electron chi connectivity index (χ4n) is 0.701. The molecule has 6 nitrogen and oxygen atoms in total. The van der Waals surface area contributed by atoms with Crippen molar-refractivity contribution in [1.82, 2.24) is 5.01 Å². The van der Waals surface area contributed by atoms with Crippen molar-refractivity contribution in [3.05, 3.63) is 11.9 Å². The molecule has 0 aliphatic rings. The summed E-state index contributed by atoms with van der Waals surface area (Å²) in [4.78, 5) is 10.1. The van der Waals surface area contributed by atoms with Crippen LogP contribution in [0.2, 0.25) is 0 Å². The minimum atomic E-state index is 0.0874. The van der Waals surface area contributed by atoms with Gasteiger partial charge < -0.3 is 20.2 Å². The molecule has 0 fully saturated rings. The smallest absolute Gasteiger partial charge is 0.167 e. The van der Waals surface area contributed by atoms with Crippen LogP contribution in [0.5, 0.6) is 0 Å². The summed E-state index contributed by atoms with van der Waals surface area (Å²) in [5, 5.41) is 1.30. The van der Waals surface area contributed by atoms with Gasteiger partial charge in [-0.3, -0.25) is 4.79 Å². The van der Waals surface area contributed by atoms with Crippen LogP contribution in [-0.2, 0) is 14.3 Å². The molecule has 0 saturated carbocycles. The highest BCUT2D eigenvalue weighted by Gasteiger charge is 1.94. The monoisotopic (exact) mass is 203 g/mol. The number of carbonyl (C=O) groups excluding carboxylic acids is 1. The van der Waals surface area contributed by atoms with Crippen LogP contribution in [-0.4, -0.2) is 44.8 Å². The third-order valence-electron chi connectivity index (χ3n) is 1.38. The Morgan fingerprint density at radius 3 is 2.71 bits per heavy atom. The van der Waals surface area contributed by atoms with E-state index in [0.29, 0.717) is 32.7 Å². The van der Waals surface area contributed by atoms with Crippen molar-refractivity contribution >= 4 is 6.29 Å². The molecule has 6 heteroatoms. The first-order chi connectivity index (χ1) is 6.70. The van der Waals surface area contributed by atoms with Gasteiger partial charge in [0.1, 0.15) is 0 Å². The number of hydrogen-bond acceptors (Lipinski definition) is 6. The summed E-state index contributed by atoms with van der Waals surface area (Å²) in [7, 11) is 1.60. The molecule has 0 radical (unpaired) electrons. The van der Waals surface area contributed by atoms with Gasteiger partial charge >= 0.3 is 0 Å². The van der Waals surface area contributed by atoms with E-state index in [0.717, 1.165) is 0 Å². The minimum absolute atomic E-state index is 0.0874. The zero-order valence-corrected chi connectivity index (χ0v) is 8.31. The first kappa shape index (κ1) is 12.9. The Bertz CT molecular complexity index is 185. The first-order valence-corrected chi connectivity index (χ1v) is 4.21. The van der Waals surface area contributed by atoms with Crippen LogP contribution in [0.1, 0.15) is 0 Å². The maximum absolute atomic E-state index is 10.1. The number of aldehydes is 1. The lowest BCUT2D eigenvalue weighted by atomic mass is 10.5. The van der Waals surface area contributed by atoms with Crippen LogP contribution in [0.15, 0.2) is 11.9 Å². The van der Waals surface area contributed by atoms with Gasteiger partial charge in [-0.15, -0.1) is 0 Å². The average molecular weight is 203 g/mol. The molecule has 0 atom stereocenters. The average Bonchev–Trinajstić information content (AvgIpc) is 2.17. The van der Waals surface area contributed by atoms with Gasteiger partial charge in [0.25, 0.3) is 0 Å². The van der Waals surface area contributed by atoms with Gasteiger partial charge in [-0.1, -0.05) is 0 Å². The fraction of sp³-hybridized carbons (Fsp3) is 0.625. The zero-order chi connectivity index (χ0) is 10.8. The molecule has 4 N–H and O–H groups in total. The van der Waals surface area contributed by atoms with Crippen molar-refractivity contribution in [3.8, 4) is 0 Å². The Morgan fingerprint density at radius 1 is 1.43 bits per heavy atom. The highest BCUT2D eigenvalue weighted by atomic mass is 16.5. The molecule has 0 aromatic heterocycles. The summed E-state index contributed by atoms with van der Waals surface area (Å²) in [6, 6.07) is 0. The van der Waals surface area contributed by atoms with E-state index in [4.69, 9.17) is 21.1 Å². The first-order valence-electron chi connectivity index (χ1n) is 4.21. The maximum Gasteiger partial charge on any atom is 0.167 e. The largest absolute Gasteiger partial charge is 0.395 e. The molecule has 0 amide bonds. The second-order valence-corrected chi connectivity index (χ2v) is 2.59. The predicted octanol–water partition coefficient (Wildman–Crippen LogP) is -1.18. The topological polar surface area (TPSA) is 90.8 Å². The van der Waals surface area contributed by atoms with Gasteiger partial charge in [0.15, 0.2) is 6.29 Å². The summed E-state index contributed by atoms with van der Waals surface area (Å²) < 4.78 is 9.94. The third-order valence-corrected chi connectivity index (χ3v) is 1.38. The Hall–Kier alpha value is -1.11. The number of methoxy groups -OCH3 is 1. The molecule has 0 aromatic carbocycles. The van der Waals surface area contributed by atoms with E-state index < -0.39 is 0 Å². The molecule has 0 rings (SSSR count). The van der Waals surface area contributed by atoms with E-state index in [-0.39, 0.29) is 5.70 Å². The maximum atomic E-state index is 10.1. The Morgan fingerprint density at radius 2 is 2.14 bits per heavy atom. The summed E-state index contributed by atoms with van der Waals surface area (Å²) in [6.45, 7) is 2.01. The highest BCUT2D eigenvalue weighted by molar-refractivity contribution is 5.71. The van der Waals surface area contributed by atoms with Crippen LogP contribution in [0.25, 0.3) is 0 Å². The molecular formula is C8H17N3O3. The lowest BCUT2D eigenvalue weighted by molar-refractivity contribution is -0.105. The van der Waals surface area contributed by atoms with E-state index >= 15 is 0 Å². The lowest BCUT2D eigenvalue weighted by Gasteiger charge is -2.13. The molecule has 0 saturated heterocycles. The van der Waals surface area contributed by atoms with E-state index in [1.54, 1.807) is 7.11 Å². The van der Waals surface area contributed by atoms with Crippen molar-refractivity contribution in [2.75, 3.05) is 33.5 Å². The van der Waals surface area contributed by atoms with Crippen LogP contribution < -0.4 is 11.6 Å². The second kappa shape index (κ2) is 8.49. The highest BCUT2D eigenvalue weighted by Crippen LogP contribution is 1.84. The Kier molecular flexibility index (Phi) is 7.81. The predicted molar refractivity (Wildman–Crippen MR) is 51.9 cm³/mol. The molecular weight excluding hydrogens is 186 g/mol. The van der Waals surface area contributed by atoms with Crippen LogP contribution in [0.4, 0.5) is 0 Å². The van der Waals surface area contributed by atoms with E-state index in [1.165, 1.54) is 11.2 Å². The number of hydrogen-bond donors (Lipinski definition) is 2. The van der Waals surface area contributed by atoms with Gasteiger partial charge in [0.2, 0.25) is 0 Å². The number of carbonyl (C=O) groups is 1. The van der Waals surface area contributed by atoms with Crippen molar-refractivity contribution in [2.45, 2.75) is 0 Å². The molecule has 0 spiro atoms. The van der Waals surface area contributed by atoms with Crippen LogP contribution in [0.3, 0.4) is 0 Å². The zero-order valence-electron chi connectivity index (χ0n) is 8.31. The minimum Gasteiger partial charge on any atom is -0.395 e. The van der Waals surface area contributed by atoms with Gasteiger partial charge in [0.05, 0.1) is 32.1 Å². The number of hydrazine groups is 1. The molecule has 0 aliphatic carbocycles. The summed E-state index contributed by atoms with van der Waals surface area (Å²) in [5.41, 5.74) is 5.32. The molecule has 82 valence electrons. The number of nitrogens with two attached hydrogens (primary N) is 2. The molecule has 0 aromatic rings. The molecule has 0 heterocycles. The third kappa shape index (κ3) is 7.53. The standard InChI is InChI=1S/C8H17N3O3/c1-13-4-5-14-3-2-11(10)6-8(9)7-12/h6-7H,2-5,9-10H2,1H3/b8-6-. The molecule has 0 bridgehead atoms.